The van der Waals surface area contributed by atoms with Crippen LogP contribution in [0.1, 0.15) is 29.1 Å². The van der Waals surface area contributed by atoms with Crippen LogP contribution in [0.2, 0.25) is 0 Å². The summed E-state index contributed by atoms with van der Waals surface area (Å²) in [6, 6.07) is 0. The lowest BCUT2D eigenvalue weighted by atomic mass is 9.84. The first kappa shape index (κ1) is 21.1. The van der Waals surface area contributed by atoms with Gasteiger partial charge in [0.25, 0.3) is 0 Å². The summed E-state index contributed by atoms with van der Waals surface area (Å²) < 4.78 is 23.2. The Morgan fingerprint density at radius 3 is 2.38 bits per heavy atom. The van der Waals surface area contributed by atoms with Crippen molar-refractivity contribution in [2.45, 2.75) is 45.4 Å². The molecule has 0 aliphatic heterocycles. The minimum Gasteiger partial charge on any atom is -0.427 e. The number of nitrogens with zero attached hydrogens (tertiary/aromatic N) is 2. The van der Waals surface area contributed by atoms with Crippen LogP contribution in [-0.4, -0.2) is 73.7 Å². The molecule has 8 heteroatoms. The number of hydrogen-bond acceptors (Lipinski definition) is 6. The smallest absolute Gasteiger partial charge is 0.334 e. The minimum atomic E-state index is -0.946. The minimum absolute atomic E-state index is 0. The zero-order valence-electron chi connectivity index (χ0n) is 15.4. The van der Waals surface area contributed by atoms with E-state index in [0.29, 0.717) is 39.6 Å². The van der Waals surface area contributed by atoms with Gasteiger partial charge in [-0.2, -0.15) is 5.10 Å². The van der Waals surface area contributed by atoms with Gasteiger partial charge in [0, 0.05) is 20.9 Å². The molecule has 0 unspecified atom stereocenters. The van der Waals surface area contributed by atoms with Crippen LogP contribution in [0, 0.1) is 0 Å². The summed E-state index contributed by atoms with van der Waals surface area (Å²) >= 11 is 0. The Balaban J connectivity index is 0.00000576. The molecule has 1 radical (unpaired) electrons. The molecule has 24 heavy (non-hydrogen) atoms. The van der Waals surface area contributed by atoms with Gasteiger partial charge < -0.3 is 24.0 Å². The molecular formula is C16H32BN2O5. The van der Waals surface area contributed by atoms with Crippen LogP contribution in [0.5, 0.6) is 0 Å². The van der Waals surface area contributed by atoms with Crippen molar-refractivity contribution in [3.05, 3.63) is 12.4 Å². The second-order valence-corrected chi connectivity index (χ2v) is 6.56. The molecular weight excluding hydrogens is 311 g/mol. The first-order valence-corrected chi connectivity index (χ1v) is 8.16. The molecule has 1 rings (SSSR count). The van der Waals surface area contributed by atoms with Gasteiger partial charge in [0.05, 0.1) is 50.8 Å². The van der Waals surface area contributed by atoms with Gasteiger partial charge in [-0.25, -0.2) is 0 Å². The van der Waals surface area contributed by atoms with Crippen molar-refractivity contribution in [1.82, 2.24) is 9.78 Å². The van der Waals surface area contributed by atoms with Crippen molar-refractivity contribution in [3.8, 4) is 0 Å². The van der Waals surface area contributed by atoms with Crippen LogP contribution in [0.3, 0.4) is 0 Å². The quantitative estimate of drug-likeness (QED) is 0.418. The third kappa shape index (κ3) is 7.76. The van der Waals surface area contributed by atoms with Crippen LogP contribution in [0.15, 0.2) is 12.4 Å². The normalized spacial score (nSPS) is 12.6. The maximum absolute atomic E-state index is 10.1. The predicted molar refractivity (Wildman–Crippen MR) is 94.7 cm³/mol. The van der Waals surface area contributed by atoms with Gasteiger partial charge in [0.15, 0.2) is 0 Å². The van der Waals surface area contributed by atoms with E-state index in [-0.39, 0.29) is 1.43 Å². The summed E-state index contributed by atoms with van der Waals surface area (Å²) in [6.07, 6.45) is 3.59. The molecule has 0 spiro atoms. The van der Waals surface area contributed by atoms with Crippen LogP contribution in [0.25, 0.3) is 0 Å². The molecule has 1 aromatic heterocycles. The Morgan fingerprint density at radius 2 is 1.75 bits per heavy atom. The molecule has 1 heterocycles. The fourth-order valence-corrected chi connectivity index (χ4v) is 1.54. The highest BCUT2D eigenvalue weighted by atomic mass is 16.5. The van der Waals surface area contributed by atoms with Crippen LogP contribution in [-0.2, 0) is 25.4 Å². The summed E-state index contributed by atoms with van der Waals surface area (Å²) in [5, 5.41) is 14.3. The molecule has 1 aromatic rings. The number of ether oxygens (including phenoxy) is 3. The lowest BCUT2D eigenvalue weighted by molar-refractivity contribution is -0.0893. The first-order valence-electron chi connectivity index (χ1n) is 8.16. The van der Waals surface area contributed by atoms with Crippen LogP contribution >= 0.6 is 0 Å². The van der Waals surface area contributed by atoms with E-state index in [1.165, 1.54) is 0 Å². The zero-order chi connectivity index (χ0) is 18.1. The fourth-order valence-electron chi connectivity index (χ4n) is 1.54. The fraction of sp³-hybridized carbons (Fsp3) is 0.812. The van der Waals surface area contributed by atoms with E-state index < -0.39 is 11.2 Å². The van der Waals surface area contributed by atoms with Gasteiger partial charge in [0.2, 0.25) is 0 Å². The maximum atomic E-state index is 10.1. The van der Waals surface area contributed by atoms with Gasteiger partial charge in [-0.3, -0.25) is 4.68 Å². The molecule has 1 N–H and O–H groups in total. The number of methoxy groups -OCH3 is 1. The van der Waals surface area contributed by atoms with E-state index in [0.717, 1.165) is 5.46 Å². The van der Waals surface area contributed by atoms with Crippen molar-refractivity contribution in [3.63, 3.8) is 0 Å². The van der Waals surface area contributed by atoms with E-state index >= 15 is 0 Å². The average molecular weight is 343 g/mol. The summed E-state index contributed by atoms with van der Waals surface area (Å²) in [4.78, 5) is 0. The Kier molecular flexibility index (Phi) is 8.93. The van der Waals surface area contributed by atoms with Gasteiger partial charge in [-0.15, -0.1) is 0 Å². The summed E-state index contributed by atoms with van der Waals surface area (Å²) in [7, 11) is 3.26. The van der Waals surface area contributed by atoms with E-state index in [9.17, 15) is 5.11 Å². The molecule has 0 aliphatic rings. The average Bonchev–Trinajstić information content (AvgIpc) is 2.95. The van der Waals surface area contributed by atoms with Crippen molar-refractivity contribution >= 4 is 12.9 Å². The standard InChI is InChI=1S/C16H30BN2O5.H2/c1-15(2,20)16(3,4)24-17-14-12-18-19(13-14)6-7-22-10-11-23-9-8-21-5;/h12-13,20H,6-11H2,1-5H3;1H. The van der Waals surface area contributed by atoms with Gasteiger partial charge in [-0.1, -0.05) is 0 Å². The second kappa shape index (κ2) is 10.2. The summed E-state index contributed by atoms with van der Waals surface area (Å²) in [5.41, 5.74) is -0.796. The van der Waals surface area contributed by atoms with Gasteiger partial charge in [0.1, 0.15) is 0 Å². The van der Waals surface area contributed by atoms with Crippen LogP contribution < -0.4 is 5.46 Å². The summed E-state index contributed by atoms with van der Waals surface area (Å²) in [6.45, 7) is 10.6. The monoisotopic (exact) mass is 343 g/mol. The van der Waals surface area contributed by atoms with Crippen molar-refractivity contribution < 1.29 is 25.4 Å². The first-order chi connectivity index (χ1) is 11.3. The Morgan fingerprint density at radius 1 is 1.12 bits per heavy atom. The molecule has 0 saturated heterocycles. The number of aliphatic hydroxyl groups is 1. The van der Waals surface area contributed by atoms with Gasteiger partial charge in [-0.05, 0) is 33.2 Å². The van der Waals surface area contributed by atoms with E-state index in [1.54, 1.807) is 39.3 Å². The number of rotatable bonds is 13. The van der Waals surface area contributed by atoms with Gasteiger partial charge >= 0.3 is 7.48 Å². The lowest BCUT2D eigenvalue weighted by Gasteiger charge is -2.37. The lowest BCUT2D eigenvalue weighted by Crippen LogP contribution is -2.49. The molecule has 0 aliphatic carbocycles. The molecule has 0 fully saturated rings. The third-order valence-electron chi connectivity index (χ3n) is 3.88. The Labute approximate surface area is 147 Å². The molecule has 0 saturated carbocycles. The molecule has 0 amide bonds. The molecule has 7 nitrogen and oxygen atoms in total. The largest absolute Gasteiger partial charge is 0.427 e. The molecule has 0 atom stereocenters. The second-order valence-electron chi connectivity index (χ2n) is 6.56. The number of hydrogen-bond donors (Lipinski definition) is 1. The SMILES string of the molecule is COCCOCCOCCn1cc([B]OC(C)(C)C(C)(C)O)cn1.[HH]. The molecule has 0 bridgehead atoms. The molecule has 0 aromatic carbocycles. The van der Waals surface area contributed by atoms with E-state index in [1.807, 2.05) is 20.0 Å². The van der Waals surface area contributed by atoms with Crippen molar-refractivity contribution in [1.29, 1.82) is 0 Å². The maximum Gasteiger partial charge on any atom is 0.334 e. The highest BCUT2D eigenvalue weighted by molar-refractivity contribution is 6.46. The van der Waals surface area contributed by atoms with Crippen molar-refractivity contribution in [2.24, 2.45) is 0 Å². The van der Waals surface area contributed by atoms with E-state index in [2.05, 4.69) is 5.10 Å². The topological polar surface area (TPSA) is 75.0 Å². The highest BCUT2D eigenvalue weighted by Crippen LogP contribution is 2.24. The van der Waals surface area contributed by atoms with Crippen molar-refractivity contribution in [2.75, 3.05) is 40.1 Å². The Hall–Kier alpha value is -0.925. The zero-order valence-corrected chi connectivity index (χ0v) is 15.4. The predicted octanol–water partition coefficient (Wildman–Crippen LogP) is 0.619. The Bertz CT molecular complexity index is 466. The van der Waals surface area contributed by atoms with E-state index in [4.69, 9.17) is 18.9 Å². The number of aromatic nitrogens is 2. The highest BCUT2D eigenvalue weighted by Gasteiger charge is 2.35. The van der Waals surface area contributed by atoms with Crippen LogP contribution in [0.4, 0.5) is 0 Å². The summed E-state index contributed by atoms with van der Waals surface area (Å²) in [5.74, 6) is 0. The molecule has 139 valence electrons. The third-order valence-corrected chi connectivity index (χ3v) is 3.88.